The van der Waals surface area contributed by atoms with Crippen molar-refractivity contribution in [1.82, 2.24) is 10.2 Å². The fourth-order valence-electron chi connectivity index (χ4n) is 2.74. The third-order valence-electron chi connectivity index (χ3n) is 3.99. The third kappa shape index (κ3) is 4.28. The van der Waals surface area contributed by atoms with Crippen molar-refractivity contribution < 1.29 is 9.21 Å². The Kier molecular flexibility index (Phi) is 6.11. The highest BCUT2D eigenvalue weighted by Gasteiger charge is 2.25. The summed E-state index contributed by atoms with van der Waals surface area (Å²) in [7, 11) is 0. The molecular weight excluding hydrogens is 367 g/mol. The van der Waals surface area contributed by atoms with Crippen LogP contribution in [0.1, 0.15) is 22.2 Å². The molecule has 7 heteroatoms. The highest BCUT2D eigenvalue weighted by Crippen LogP contribution is 2.25. The average molecular weight is 385 g/mol. The zero-order valence-corrected chi connectivity index (χ0v) is 15.3. The van der Waals surface area contributed by atoms with Gasteiger partial charge >= 0.3 is 0 Å². The van der Waals surface area contributed by atoms with Crippen LogP contribution in [0.25, 0.3) is 0 Å². The molecule has 1 aliphatic rings. The summed E-state index contributed by atoms with van der Waals surface area (Å²) in [6.07, 6.45) is 1.66. The molecular formula is C17H18Cl2N2O2S. The number of hydrogen-bond donors (Lipinski definition) is 1. The van der Waals surface area contributed by atoms with Gasteiger partial charge in [-0.15, -0.1) is 0 Å². The van der Waals surface area contributed by atoms with E-state index < -0.39 is 0 Å². The third-order valence-corrected chi connectivity index (χ3v) is 5.49. The lowest BCUT2D eigenvalue weighted by molar-refractivity contribution is 0.0930. The van der Waals surface area contributed by atoms with Gasteiger partial charge in [-0.1, -0.05) is 23.2 Å². The minimum Gasteiger partial charge on any atom is -0.468 e. The molecule has 2 aromatic rings. The first-order chi connectivity index (χ1) is 11.6. The molecule has 2 heterocycles. The predicted molar refractivity (Wildman–Crippen MR) is 99.1 cm³/mol. The Morgan fingerprint density at radius 3 is 2.79 bits per heavy atom. The highest BCUT2D eigenvalue weighted by atomic mass is 35.5. The predicted octanol–water partition coefficient (Wildman–Crippen LogP) is 4.11. The summed E-state index contributed by atoms with van der Waals surface area (Å²) in [6, 6.07) is 8.71. The lowest BCUT2D eigenvalue weighted by Gasteiger charge is -2.33. The maximum absolute atomic E-state index is 12.5. The Balaban J connectivity index is 1.71. The normalized spacial score (nSPS) is 16.8. The van der Waals surface area contributed by atoms with Gasteiger partial charge in [0.25, 0.3) is 5.91 Å². The van der Waals surface area contributed by atoms with E-state index in [0.717, 1.165) is 30.4 Å². The second-order valence-corrected chi connectivity index (χ2v) is 7.58. The van der Waals surface area contributed by atoms with Crippen LogP contribution in [-0.2, 0) is 0 Å². The van der Waals surface area contributed by atoms with Crippen molar-refractivity contribution in [3.63, 3.8) is 0 Å². The largest absolute Gasteiger partial charge is 0.468 e. The van der Waals surface area contributed by atoms with Crippen LogP contribution in [0.4, 0.5) is 0 Å². The summed E-state index contributed by atoms with van der Waals surface area (Å²) in [5.74, 6) is 2.81. The van der Waals surface area contributed by atoms with Crippen molar-refractivity contribution in [2.45, 2.75) is 6.04 Å². The van der Waals surface area contributed by atoms with Crippen molar-refractivity contribution in [3.8, 4) is 0 Å². The topological polar surface area (TPSA) is 45.5 Å². The second-order valence-electron chi connectivity index (χ2n) is 5.51. The zero-order chi connectivity index (χ0) is 16.9. The number of carbonyl (C=O) groups excluding carboxylic acids is 1. The minimum absolute atomic E-state index is 0.0165. The summed E-state index contributed by atoms with van der Waals surface area (Å²) < 4.78 is 5.58. The maximum Gasteiger partial charge on any atom is 0.252 e. The first kappa shape index (κ1) is 17.7. The van der Waals surface area contributed by atoms with E-state index >= 15 is 0 Å². The molecule has 128 valence electrons. The minimum atomic E-state index is -0.231. The molecule has 3 rings (SSSR count). The van der Waals surface area contributed by atoms with Crippen molar-refractivity contribution in [2.24, 2.45) is 0 Å². The molecule has 4 nitrogen and oxygen atoms in total. The van der Waals surface area contributed by atoms with Gasteiger partial charge in [-0.3, -0.25) is 9.69 Å². The molecule has 1 amide bonds. The molecule has 1 fully saturated rings. The van der Waals surface area contributed by atoms with Crippen molar-refractivity contribution in [2.75, 3.05) is 31.1 Å². The fourth-order valence-corrected chi connectivity index (χ4v) is 4.04. The number of nitrogens with zero attached hydrogens (tertiary/aromatic N) is 1. The van der Waals surface area contributed by atoms with Crippen molar-refractivity contribution in [1.29, 1.82) is 0 Å². The Morgan fingerprint density at radius 1 is 1.29 bits per heavy atom. The van der Waals surface area contributed by atoms with E-state index in [2.05, 4.69) is 10.2 Å². The van der Waals surface area contributed by atoms with Gasteiger partial charge in [0.1, 0.15) is 5.76 Å². The molecule has 1 aliphatic heterocycles. The van der Waals surface area contributed by atoms with Crippen LogP contribution in [0.15, 0.2) is 41.0 Å². The number of halogens is 2. The molecule has 0 saturated carbocycles. The quantitative estimate of drug-likeness (QED) is 0.842. The monoisotopic (exact) mass is 384 g/mol. The first-order valence-electron chi connectivity index (χ1n) is 7.73. The number of amides is 1. The van der Waals surface area contributed by atoms with E-state index in [-0.39, 0.29) is 11.9 Å². The number of hydrogen-bond acceptors (Lipinski definition) is 4. The van der Waals surface area contributed by atoms with E-state index in [1.54, 1.807) is 24.5 Å². The van der Waals surface area contributed by atoms with Gasteiger partial charge in [-0.05, 0) is 30.3 Å². The van der Waals surface area contributed by atoms with Gasteiger partial charge in [-0.2, -0.15) is 11.8 Å². The van der Waals surface area contributed by atoms with E-state index in [0.29, 0.717) is 22.2 Å². The average Bonchev–Trinajstić information content (AvgIpc) is 3.12. The summed E-state index contributed by atoms with van der Waals surface area (Å²) in [5.41, 5.74) is 0.386. The smallest absolute Gasteiger partial charge is 0.252 e. The van der Waals surface area contributed by atoms with Gasteiger partial charge in [0.15, 0.2) is 0 Å². The fraction of sp³-hybridized carbons (Fsp3) is 0.353. The molecule has 1 aromatic heterocycles. The number of furan rings is 1. The van der Waals surface area contributed by atoms with Gasteiger partial charge in [0.05, 0.1) is 22.9 Å². The second kappa shape index (κ2) is 8.30. The molecule has 1 atom stereocenters. The van der Waals surface area contributed by atoms with Crippen LogP contribution in [0.2, 0.25) is 10.0 Å². The molecule has 1 saturated heterocycles. The van der Waals surface area contributed by atoms with Crippen LogP contribution < -0.4 is 5.32 Å². The van der Waals surface area contributed by atoms with Gasteiger partial charge < -0.3 is 9.73 Å². The Labute approximate surface area is 155 Å². The number of nitrogens with one attached hydrogen (secondary N) is 1. The SMILES string of the molecule is O=C(NCC(c1ccco1)N1CCSCC1)c1cc(Cl)ccc1Cl. The number of carbonyl (C=O) groups is 1. The van der Waals surface area contributed by atoms with E-state index in [1.165, 1.54) is 0 Å². The summed E-state index contributed by atoms with van der Waals surface area (Å²) in [6.45, 7) is 2.41. The van der Waals surface area contributed by atoms with Crippen LogP contribution >= 0.6 is 35.0 Å². The molecule has 1 aromatic carbocycles. The molecule has 0 aliphatic carbocycles. The standard InChI is InChI=1S/C17H18Cl2N2O2S/c18-12-3-4-14(19)13(10-12)17(22)20-11-15(16-2-1-7-23-16)21-5-8-24-9-6-21/h1-4,7,10,15H,5-6,8-9,11H2,(H,20,22). The van der Waals surface area contributed by atoms with Crippen LogP contribution in [0, 0.1) is 0 Å². The Hall–Kier alpha value is -1.14. The van der Waals surface area contributed by atoms with Crippen molar-refractivity contribution >= 4 is 40.9 Å². The van der Waals surface area contributed by atoms with E-state index in [9.17, 15) is 4.79 Å². The van der Waals surface area contributed by atoms with Crippen LogP contribution in [0.3, 0.4) is 0 Å². The van der Waals surface area contributed by atoms with Gasteiger partial charge in [-0.25, -0.2) is 0 Å². The van der Waals surface area contributed by atoms with Crippen LogP contribution in [0.5, 0.6) is 0 Å². The summed E-state index contributed by atoms with van der Waals surface area (Å²) >= 11 is 14.0. The summed E-state index contributed by atoms with van der Waals surface area (Å²) in [4.78, 5) is 14.8. The van der Waals surface area contributed by atoms with Gasteiger partial charge in [0, 0.05) is 36.2 Å². The molecule has 1 N–H and O–H groups in total. The Morgan fingerprint density at radius 2 is 2.08 bits per heavy atom. The number of rotatable bonds is 5. The zero-order valence-electron chi connectivity index (χ0n) is 13.0. The van der Waals surface area contributed by atoms with Crippen LogP contribution in [-0.4, -0.2) is 41.9 Å². The first-order valence-corrected chi connectivity index (χ1v) is 9.64. The lowest BCUT2D eigenvalue weighted by Crippen LogP contribution is -2.42. The summed E-state index contributed by atoms with van der Waals surface area (Å²) in [5, 5.41) is 3.84. The molecule has 24 heavy (non-hydrogen) atoms. The molecule has 0 bridgehead atoms. The number of thioether (sulfide) groups is 1. The van der Waals surface area contributed by atoms with E-state index in [4.69, 9.17) is 27.6 Å². The molecule has 1 unspecified atom stereocenters. The Bertz CT molecular complexity index is 688. The molecule has 0 spiro atoms. The molecule has 0 radical (unpaired) electrons. The van der Waals surface area contributed by atoms with E-state index in [1.807, 2.05) is 23.9 Å². The lowest BCUT2D eigenvalue weighted by atomic mass is 10.1. The van der Waals surface area contributed by atoms with Gasteiger partial charge in [0.2, 0.25) is 0 Å². The maximum atomic E-state index is 12.5. The highest BCUT2D eigenvalue weighted by molar-refractivity contribution is 7.99. The number of benzene rings is 1. The van der Waals surface area contributed by atoms with Crippen molar-refractivity contribution in [3.05, 3.63) is 58.0 Å².